The molecular weight excluding hydrogens is 400 g/mol. The fourth-order valence-electron chi connectivity index (χ4n) is 2.52. The summed E-state index contributed by atoms with van der Waals surface area (Å²) in [5, 5.41) is 27.8. The first kappa shape index (κ1) is 22.3. The smallest absolute Gasteiger partial charge is 0.250 e. The largest absolute Gasteiger partial charge is 0.490 e. The van der Waals surface area contributed by atoms with Crippen LogP contribution < -0.4 is 10.5 Å². The predicted octanol–water partition coefficient (Wildman–Crippen LogP) is 2.71. The maximum Gasteiger partial charge on any atom is 0.250 e. The van der Waals surface area contributed by atoms with Gasteiger partial charge in [-0.2, -0.15) is 15.8 Å². The summed E-state index contributed by atoms with van der Waals surface area (Å²) in [7, 11) is 3.06. The quantitative estimate of drug-likeness (QED) is 0.534. The number of thioether (sulfide) groups is 1. The summed E-state index contributed by atoms with van der Waals surface area (Å²) in [5.41, 5.74) is 6.93. The summed E-state index contributed by atoms with van der Waals surface area (Å²) in [6.07, 6.45) is 1.61. The number of hydrogen-bond donors (Lipinski definition) is 1. The second-order valence-electron chi connectivity index (χ2n) is 6.13. The number of nitrogens with two attached hydrogens (primary N) is 1. The number of anilines is 1. The number of hydrogen-bond acceptors (Lipinski definition) is 8. The summed E-state index contributed by atoms with van der Waals surface area (Å²) in [6, 6.07) is 12.7. The molecule has 2 aromatic rings. The third-order valence-corrected chi connectivity index (χ3v) is 5.00. The Labute approximate surface area is 178 Å². The van der Waals surface area contributed by atoms with Crippen molar-refractivity contribution in [2.45, 2.75) is 10.3 Å². The fraction of sp³-hybridized carbons (Fsp3) is 0.190. The number of carbonyl (C=O) groups is 1. The van der Waals surface area contributed by atoms with Crippen molar-refractivity contribution in [1.29, 1.82) is 15.8 Å². The lowest BCUT2D eigenvalue weighted by Gasteiger charge is -2.17. The highest BCUT2D eigenvalue weighted by Gasteiger charge is 2.27. The number of rotatable bonds is 7. The van der Waals surface area contributed by atoms with Gasteiger partial charge in [-0.05, 0) is 17.7 Å². The van der Waals surface area contributed by atoms with Crippen LogP contribution in [0.15, 0.2) is 41.9 Å². The third-order valence-electron chi connectivity index (χ3n) is 3.94. The van der Waals surface area contributed by atoms with E-state index in [0.717, 1.165) is 11.8 Å². The standard InChI is InChI=1S/C21H18N6O2S/c1-4-9-29-14-7-5-13(6-8-14)18-15(10-22)19(25)26-20(16(18)11-23)30-17(12-24)21(28)27(2)3/h4-8,17H,1,9H2,2-3H3,(H2,25,26). The monoisotopic (exact) mass is 418 g/mol. The van der Waals surface area contributed by atoms with Crippen LogP contribution in [0.3, 0.4) is 0 Å². The van der Waals surface area contributed by atoms with E-state index in [1.807, 2.05) is 18.2 Å². The van der Waals surface area contributed by atoms with Crippen LogP contribution in [0.1, 0.15) is 11.1 Å². The summed E-state index contributed by atoms with van der Waals surface area (Å²) in [5.74, 6) is 0.0600. The maximum atomic E-state index is 12.2. The van der Waals surface area contributed by atoms with Crippen molar-refractivity contribution in [3.8, 4) is 35.1 Å². The zero-order valence-electron chi connectivity index (χ0n) is 16.4. The third kappa shape index (κ3) is 4.70. The zero-order valence-corrected chi connectivity index (χ0v) is 17.2. The van der Waals surface area contributed by atoms with Crippen LogP contribution in [0.2, 0.25) is 0 Å². The van der Waals surface area contributed by atoms with Crippen LogP contribution in [0.4, 0.5) is 5.82 Å². The first-order valence-electron chi connectivity index (χ1n) is 8.63. The molecule has 8 nitrogen and oxygen atoms in total. The first-order valence-corrected chi connectivity index (χ1v) is 9.51. The first-order chi connectivity index (χ1) is 14.4. The van der Waals surface area contributed by atoms with E-state index in [2.05, 4.69) is 11.6 Å². The van der Waals surface area contributed by atoms with Gasteiger partial charge < -0.3 is 15.4 Å². The zero-order chi connectivity index (χ0) is 22.3. The average Bonchev–Trinajstić information content (AvgIpc) is 2.75. The molecule has 2 N–H and O–H groups in total. The molecule has 0 saturated heterocycles. The maximum absolute atomic E-state index is 12.2. The van der Waals surface area contributed by atoms with Gasteiger partial charge in [0, 0.05) is 19.7 Å². The van der Waals surface area contributed by atoms with Crippen LogP contribution in [0.5, 0.6) is 5.75 Å². The van der Waals surface area contributed by atoms with Crippen molar-refractivity contribution in [3.05, 3.63) is 48.0 Å². The van der Waals surface area contributed by atoms with E-state index in [9.17, 15) is 20.6 Å². The van der Waals surface area contributed by atoms with Crippen molar-refractivity contribution in [1.82, 2.24) is 9.88 Å². The molecule has 0 aliphatic carbocycles. The number of aromatic nitrogens is 1. The van der Waals surface area contributed by atoms with Crippen molar-refractivity contribution in [3.63, 3.8) is 0 Å². The van der Waals surface area contributed by atoms with E-state index in [4.69, 9.17) is 10.5 Å². The molecule has 0 spiro atoms. The molecule has 1 heterocycles. The second-order valence-corrected chi connectivity index (χ2v) is 7.23. The van der Waals surface area contributed by atoms with Crippen molar-refractivity contribution >= 4 is 23.5 Å². The van der Waals surface area contributed by atoms with Crippen molar-refractivity contribution in [2.75, 3.05) is 26.4 Å². The molecule has 0 fully saturated rings. The van der Waals surface area contributed by atoms with Crippen molar-refractivity contribution in [2.24, 2.45) is 0 Å². The van der Waals surface area contributed by atoms with Gasteiger partial charge in [0.2, 0.25) is 5.91 Å². The Hall–Kier alpha value is -4.00. The number of carbonyl (C=O) groups excluding carboxylic acids is 1. The molecule has 1 amide bonds. The van der Waals surface area contributed by atoms with Gasteiger partial charge in [-0.15, -0.1) is 0 Å². The molecule has 1 atom stereocenters. The van der Waals surface area contributed by atoms with E-state index in [-0.39, 0.29) is 22.0 Å². The van der Waals surface area contributed by atoms with Crippen LogP contribution in [0, 0.1) is 34.0 Å². The average molecular weight is 418 g/mol. The molecule has 9 heteroatoms. The van der Waals surface area contributed by atoms with Gasteiger partial charge in [-0.3, -0.25) is 4.79 Å². The summed E-state index contributed by atoms with van der Waals surface area (Å²) in [4.78, 5) is 17.6. The number of pyridine rings is 1. The molecule has 0 bridgehead atoms. The molecule has 1 aromatic heterocycles. The summed E-state index contributed by atoms with van der Waals surface area (Å²) < 4.78 is 5.46. The van der Waals surface area contributed by atoms with E-state index in [1.165, 1.54) is 19.0 Å². The molecule has 2 rings (SSSR count). The van der Waals surface area contributed by atoms with Gasteiger partial charge in [0.25, 0.3) is 0 Å². The highest BCUT2D eigenvalue weighted by Crippen LogP contribution is 2.37. The Kier molecular flexibility index (Phi) is 7.41. The van der Waals surface area contributed by atoms with Crippen LogP contribution in [-0.2, 0) is 4.79 Å². The minimum Gasteiger partial charge on any atom is -0.490 e. The topological polar surface area (TPSA) is 140 Å². The van der Waals surface area contributed by atoms with Gasteiger partial charge in [-0.25, -0.2) is 4.98 Å². The van der Waals surface area contributed by atoms with Crippen LogP contribution in [0.25, 0.3) is 11.1 Å². The molecule has 0 aliphatic rings. The number of nitrogens with zero attached hydrogens (tertiary/aromatic N) is 5. The normalized spacial score (nSPS) is 10.8. The van der Waals surface area contributed by atoms with Crippen molar-refractivity contribution < 1.29 is 9.53 Å². The number of amides is 1. The molecule has 0 saturated carbocycles. The number of ether oxygens (including phenoxy) is 1. The highest BCUT2D eigenvalue weighted by atomic mass is 32.2. The molecule has 0 aliphatic heterocycles. The molecule has 1 unspecified atom stereocenters. The van der Waals surface area contributed by atoms with E-state index < -0.39 is 11.2 Å². The molecule has 30 heavy (non-hydrogen) atoms. The van der Waals surface area contributed by atoms with Crippen LogP contribution in [-0.4, -0.2) is 41.7 Å². The Morgan fingerprint density at radius 2 is 1.90 bits per heavy atom. The lowest BCUT2D eigenvalue weighted by atomic mass is 9.97. The molecule has 150 valence electrons. The number of nitriles is 3. The number of benzene rings is 1. The minimum absolute atomic E-state index is 0.0445. The molecule has 1 aromatic carbocycles. The SMILES string of the molecule is C=CCOc1ccc(-c2c(C#N)c(N)nc(SC(C#N)C(=O)N(C)C)c2C#N)cc1. The summed E-state index contributed by atoms with van der Waals surface area (Å²) >= 11 is 0.822. The lowest BCUT2D eigenvalue weighted by Crippen LogP contribution is -2.30. The van der Waals surface area contributed by atoms with Crippen LogP contribution >= 0.6 is 11.8 Å². The second kappa shape index (κ2) is 9.97. The molecular formula is C21H18N6O2S. The Morgan fingerprint density at radius 1 is 1.27 bits per heavy atom. The Balaban J connectivity index is 2.61. The van der Waals surface area contributed by atoms with E-state index in [0.29, 0.717) is 23.5 Å². The number of nitrogen functional groups attached to an aromatic ring is 1. The summed E-state index contributed by atoms with van der Waals surface area (Å²) in [6.45, 7) is 3.93. The lowest BCUT2D eigenvalue weighted by molar-refractivity contribution is -0.127. The minimum atomic E-state index is -1.12. The van der Waals surface area contributed by atoms with Gasteiger partial charge in [0.1, 0.15) is 40.9 Å². The highest BCUT2D eigenvalue weighted by molar-refractivity contribution is 8.00. The predicted molar refractivity (Wildman–Crippen MR) is 113 cm³/mol. The Bertz CT molecular complexity index is 1090. The Morgan fingerprint density at radius 3 is 2.40 bits per heavy atom. The van der Waals surface area contributed by atoms with E-state index in [1.54, 1.807) is 30.3 Å². The van der Waals surface area contributed by atoms with Gasteiger partial charge in [-0.1, -0.05) is 36.5 Å². The molecule has 0 radical (unpaired) electrons. The fourth-order valence-corrected chi connectivity index (χ4v) is 3.53. The van der Waals surface area contributed by atoms with E-state index >= 15 is 0 Å². The van der Waals surface area contributed by atoms with Gasteiger partial charge in [0.15, 0.2) is 5.25 Å². The van der Waals surface area contributed by atoms with Gasteiger partial charge >= 0.3 is 0 Å². The van der Waals surface area contributed by atoms with Gasteiger partial charge in [0.05, 0.1) is 11.6 Å².